The number of aromatic nitrogens is 1. The molecule has 1 heterocycles. The highest BCUT2D eigenvalue weighted by molar-refractivity contribution is 14.1. The summed E-state index contributed by atoms with van der Waals surface area (Å²) in [7, 11) is 0. The van der Waals surface area contributed by atoms with E-state index in [1.807, 2.05) is 24.3 Å². The first-order valence-corrected chi connectivity index (χ1v) is 8.31. The van der Waals surface area contributed by atoms with Gasteiger partial charge in [-0.1, -0.05) is 24.3 Å². The predicted molar refractivity (Wildman–Crippen MR) is 94.6 cm³/mol. The molecule has 22 heavy (non-hydrogen) atoms. The van der Waals surface area contributed by atoms with Crippen molar-refractivity contribution >= 4 is 45.5 Å². The molecule has 110 valence electrons. The zero-order valence-electron chi connectivity index (χ0n) is 11.2. The molecule has 0 aliphatic heterocycles. The average molecular weight is 424 g/mol. The molecule has 1 N–H and O–H groups in total. The first-order chi connectivity index (χ1) is 10.6. The number of anilines is 1. The lowest BCUT2D eigenvalue weighted by Gasteiger charge is -2.05. The summed E-state index contributed by atoms with van der Waals surface area (Å²) in [6.45, 7) is 0. The fourth-order valence-electron chi connectivity index (χ4n) is 1.88. The smallest absolute Gasteiger partial charge is 0.267 e. The standard InChI is InChI=1S/C16H10FIN2OS/c17-11-6-2-1-5-10(11)16-19-9-14(22-16)15(21)20-13-8-4-3-7-12(13)18/h1-9H,(H,20,21). The van der Waals surface area contributed by atoms with Crippen LogP contribution in [0.3, 0.4) is 0 Å². The van der Waals surface area contributed by atoms with Crippen LogP contribution in [0.2, 0.25) is 0 Å². The highest BCUT2D eigenvalue weighted by Gasteiger charge is 2.14. The number of rotatable bonds is 3. The molecule has 3 nitrogen and oxygen atoms in total. The third kappa shape index (κ3) is 3.17. The maximum absolute atomic E-state index is 13.8. The van der Waals surface area contributed by atoms with E-state index in [1.165, 1.54) is 23.6 Å². The monoisotopic (exact) mass is 424 g/mol. The van der Waals surface area contributed by atoms with Gasteiger partial charge in [-0.2, -0.15) is 0 Å². The van der Waals surface area contributed by atoms with E-state index in [9.17, 15) is 9.18 Å². The van der Waals surface area contributed by atoms with Gasteiger partial charge in [0.15, 0.2) is 0 Å². The molecule has 2 aromatic carbocycles. The van der Waals surface area contributed by atoms with E-state index in [0.29, 0.717) is 15.4 Å². The second-order valence-corrected chi connectivity index (χ2v) is 6.64. The molecule has 0 fully saturated rings. The number of carbonyl (C=O) groups is 1. The zero-order chi connectivity index (χ0) is 15.5. The van der Waals surface area contributed by atoms with E-state index in [2.05, 4.69) is 32.9 Å². The summed E-state index contributed by atoms with van der Waals surface area (Å²) in [6, 6.07) is 13.9. The van der Waals surface area contributed by atoms with Crippen LogP contribution in [0, 0.1) is 9.39 Å². The van der Waals surface area contributed by atoms with Crippen molar-refractivity contribution in [3.63, 3.8) is 0 Å². The third-order valence-corrected chi connectivity index (χ3v) is 4.93. The van der Waals surface area contributed by atoms with Crippen LogP contribution < -0.4 is 5.32 Å². The number of amides is 1. The number of para-hydroxylation sites is 1. The predicted octanol–water partition coefficient (Wildman–Crippen LogP) is 4.81. The molecule has 0 atom stereocenters. The summed E-state index contributed by atoms with van der Waals surface area (Å²) < 4.78 is 14.7. The Morgan fingerprint density at radius 3 is 2.64 bits per heavy atom. The topological polar surface area (TPSA) is 42.0 Å². The summed E-state index contributed by atoms with van der Waals surface area (Å²) in [5, 5.41) is 3.33. The molecule has 6 heteroatoms. The summed E-state index contributed by atoms with van der Waals surface area (Å²) in [6.07, 6.45) is 1.47. The number of hydrogen-bond donors (Lipinski definition) is 1. The van der Waals surface area contributed by atoms with Gasteiger partial charge in [-0.25, -0.2) is 9.37 Å². The van der Waals surface area contributed by atoms with Gasteiger partial charge >= 0.3 is 0 Å². The minimum Gasteiger partial charge on any atom is -0.320 e. The van der Waals surface area contributed by atoms with Crippen LogP contribution in [0.5, 0.6) is 0 Å². The minimum atomic E-state index is -0.346. The largest absolute Gasteiger partial charge is 0.320 e. The molecule has 3 rings (SSSR count). The highest BCUT2D eigenvalue weighted by atomic mass is 127. The summed E-state index contributed by atoms with van der Waals surface area (Å²) >= 11 is 3.32. The maximum atomic E-state index is 13.8. The Labute approximate surface area is 144 Å². The van der Waals surface area contributed by atoms with Crippen LogP contribution in [0.15, 0.2) is 54.7 Å². The van der Waals surface area contributed by atoms with Crippen LogP contribution in [-0.4, -0.2) is 10.9 Å². The number of thiazole rings is 1. The Morgan fingerprint density at radius 1 is 1.14 bits per heavy atom. The van der Waals surface area contributed by atoms with Gasteiger partial charge in [0.2, 0.25) is 0 Å². The van der Waals surface area contributed by atoms with Crippen molar-refractivity contribution in [1.29, 1.82) is 0 Å². The van der Waals surface area contributed by atoms with Gasteiger partial charge < -0.3 is 5.32 Å². The Bertz CT molecular complexity index is 834. The van der Waals surface area contributed by atoms with Crippen molar-refractivity contribution < 1.29 is 9.18 Å². The van der Waals surface area contributed by atoms with Crippen LogP contribution in [0.25, 0.3) is 10.6 Å². The van der Waals surface area contributed by atoms with E-state index in [-0.39, 0.29) is 11.7 Å². The summed E-state index contributed by atoms with van der Waals surface area (Å²) in [5.41, 5.74) is 1.15. The lowest BCUT2D eigenvalue weighted by Crippen LogP contribution is -2.10. The first kappa shape index (κ1) is 15.1. The van der Waals surface area contributed by atoms with Crippen LogP contribution >= 0.6 is 33.9 Å². The lowest BCUT2D eigenvalue weighted by molar-refractivity contribution is 0.103. The Morgan fingerprint density at radius 2 is 1.86 bits per heavy atom. The molecule has 1 amide bonds. The van der Waals surface area contributed by atoms with Crippen molar-refractivity contribution in [2.24, 2.45) is 0 Å². The summed E-state index contributed by atoms with van der Waals surface area (Å²) in [4.78, 5) is 16.8. The van der Waals surface area contributed by atoms with Crippen molar-refractivity contribution in [3.05, 3.63) is 69.0 Å². The quantitative estimate of drug-likeness (QED) is 0.614. The fraction of sp³-hybridized carbons (Fsp3) is 0. The van der Waals surface area contributed by atoms with E-state index in [4.69, 9.17) is 0 Å². The molecular weight excluding hydrogens is 414 g/mol. The molecule has 0 unspecified atom stereocenters. The normalized spacial score (nSPS) is 10.5. The Kier molecular flexibility index (Phi) is 4.49. The molecule has 0 saturated carbocycles. The van der Waals surface area contributed by atoms with E-state index < -0.39 is 0 Å². The van der Waals surface area contributed by atoms with Crippen molar-refractivity contribution in [2.45, 2.75) is 0 Å². The van der Waals surface area contributed by atoms with Gasteiger partial charge in [0.1, 0.15) is 15.7 Å². The van der Waals surface area contributed by atoms with Gasteiger partial charge in [0, 0.05) is 9.13 Å². The first-order valence-electron chi connectivity index (χ1n) is 6.42. The molecule has 3 aromatic rings. The SMILES string of the molecule is O=C(Nc1ccccc1I)c1cnc(-c2ccccc2F)s1. The highest BCUT2D eigenvalue weighted by Crippen LogP contribution is 2.28. The van der Waals surface area contributed by atoms with Crippen LogP contribution in [0.1, 0.15) is 9.67 Å². The van der Waals surface area contributed by atoms with Crippen molar-refractivity contribution in [2.75, 3.05) is 5.32 Å². The van der Waals surface area contributed by atoms with Crippen LogP contribution in [-0.2, 0) is 0 Å². The molecule has 0 bridgehead atoms. The summed E-state index contributed by atoms with van der Waals surface area (Å²) in [5.74, 6) is -0.592. The number of nitrogens with zero attached hydrogens (tertiary/aromatic N) is 1. The number of hydrogen-bond acceptors (Lipinski definition) is 3. The molecule has 1 aromatic heterocycles. The van der Waals surface area contributed by atoms with Gasteiger partial charge in [-0.3, -0.25) is 4.79 Å². The van der Waals surface area contributed by atoms with Crippen molar-refractivity contribution in [1.82, 2.24) is 4.98 Å². The van der Waals surface area contributed by atoms with E-state index in [0.717, 1.165) is 9.26 Å². The Balaban J connectivity index is 1.84. The Hall–Kier alpha value is -1.80. The minimum absolute atomic E-state index is 0.246. The molecule has 0 aliphatic carbocycles. The number of benzene rings is 2. The van der Waals surface area contributed by atoms with Crippen molar-refractivity contribution in [3.8, 4) is 10.6 Å². The number of halogens is 2. The van der Waals surface area contributed by atoms with Gasteiger partial charge in [-0.05, 0) is 46.9 Å². The third-order valence-electron chi connectivity index (χ3n) is 2.96. The molecule has 0 saturated heterocycles. The lowest BCUT2D eigenvalue weighted by atomic mass is 10.2. The van der Waals surface area contributed by atoms with E-state index >= 15 is 0 Å². The molecule has 0 spiro atoms. The second kappa shape index (κ2) is 6.53. The maximum Gasteiger partial charge on any atom is 0.267 e. The number of carbonyl (C=O) groups excluding carboxylic acids is 1. The molecule has 0 radical (unpaired) electrons. The van der Waals surface area contributed by atoms with Crippen LogP contribution in [0.4, 0.5) is 10.1 Å². The zero-order valence-corrected chi connectivity index (χ0v) is 14.2. The van der Waals surface area contributed by atoms with Gasteiger partial charge in [-0.15, -0.1) is 11.3 Å². The van der Waals surface area contributed by atoms with Gasteiger partial charge in [0.25, 0.3) is 5.91 Å². The van der Waals surface area contributed by atoms with E-state index in [1.54, 1.807) is 18.2 Å². The fourth-order valence-corrected chi connectivity index (χ4v) is 3.25. The molecule has 0 aliphatic rings. The molecular formula is C16H10FIN2OS. The average Bonchev–Trinajstić information content (AvgIpc) is 3.00. The van der Waals surface area contributed by atoms with Gasteiger partial charge in [0.05, 0.1) is 11.9 Å². The number of nitrogens with one attached hydrogen (secondary N) is 1. The second-order valence-electron chi connectivity index (χ2n) is 4.44.